The van der Waals surface area contributed by atoms with E-state index >= 15 is 0 Å². The molecule has 0 unspecified atom stereocenters. The Morgan fingerprint density at radius 3 is 2.69 bits per heavy atom. The molecule has 0 atom stereocenters. The minimum Gasteiger partial charge on any atom is -0.486 e. The van der Waals surface area contributed by atoms with Gasteiger partial charge in [0, 0.05) is 16.8 Å². The number of hydrogen-bond donors (Lipinski definition) is 1. The van der Waals surface area contributed by atoms with Crippen LogP contribution < -0.4 is 20.3 Å². The number of fused-ring (bicyclic) bond motifs is 2. The fraction of sp³-hybridized carbons (Fsp3) is 0.190. The molecule has 2 aromatic carbocycles. The van der Waals surface area contributed by atoms with Gasteiger partial charge >= 0.3 is 0 Å². The lowest BCUT2D eigenvalue weighted by Gasteiger charge is -2.19. The van der Waals surface area contributed by atoms with Crippen molar-refractivity contribution in [2.24, 2.45) is 0 Å². The van der Waals surface area contributed by atoms with Crippen LogP contribution >= 0.6 is 11.6 Å². The molecule has 0 radical (unpaired) electrons. The summed E-state index contributed by atoms with van der Waals surface area (Å²) in [6.07, 6.45) is 1.32. The Balaban J connectivity index is 1.32. The highest BCUT2D eigenvalue weighted by molar-refractivity contribution is 6.30. The molecule has 32 heavy (non-hydrogen) atoms. The number of benzene rings is 2. The summed E-state index contributed by atoms with van der Waals surface area (Å²) in [7, 11) is 0. The van der Waals surface area contributed by atoms with Crippen molar-refractivity contribution >= 4 is 34.4 Å². The Bertz CT molecular complexity index is 1370. The van der Waals surface area contributed by atoms with Gasteiger partial charge in [-0.05, 0) is 29.8 Å². The molecule has 0 saturated heterocycles. The number of ether oxygens (including phenoxy) is 2. The summed E-state index contributed by atoms with van der Waals surface area (Å²) in [5.74, 6) is 0.798. The van der Waals surface area contributed by atoms with Gasteiger partial charge in [0.2, 0.25) is 5.91 Å². The quantitative estimate of drug-likeness (QED) is 0.493. The zero-order valence-electron chi connectivity index (χ0n) is 16.7. The van der Waals surface area contributed by atoms with Crippen molar-refractivity contribution in [3.63, 3.8) is 0 Å². The fourth-order valence-corrected chi connectivity index (χ4v) is 3.47. The molecule has 1 amide bonds. The first-order chi connectivity index (χ1) is 15.6. The predicted molar refractivity (Wildman–Crippen MR) is 116 cm³/mol. The van der Waals surface area contributed by atoms with E-state index in [1.165, 1.54) is 15.6 Å². The van der Waals surface area contributed by atoms with Crippen molar-refractivity contribution < 1.29 is 14.3 Å². The number of carbonyl (C=O) groups excluding carboxylic acids is 1. The van der Waals surface area contributed by atoms with Gasteiger partial charge in [-0.3, -0.25) is 14.2 Å². The van der Waals surface area contributed by atoms with E-state index in [0.29, 0.717) is 47.6 Å². The third-order valence-electron chi connectivity index (χ3n) is 4.88. The van der Waals surface area contributed by atoms with E-state index in [0.717, 1.165) is 5.56 Å². The van der Waals surface area contributed by atoms with Crippen LogP contribution in [0.15, 0.2) is 53.6 Å². The van der Waals surface area contributed by atoms with E-state index in [1.54, 1.807) is 30.3 Å². The number of nitrogens with one attached hydrogen (secondary N) is 1. The number of rotatable bonds is 5. The van der Waals surface area contributed by atoms with Crippen molar-refractivity contribution in [3.05, 3.63) is 69.7 Å². The van der Waals surface area contributed by atoms with Crippen molar-refractivity contribution in [1.82, 2.24) is 24.5 Å². The van der Waals surface area contributed by atoms with Crippen LogP contribution in [0.4, 0.5) is 5.69 Å². The molecule has 11 heteroatoms. The lowest BCUT2D eigenvalue weighted by molar-refractivity contribution is -0.116. The molecule has 4 aromatic rings. The van der Waals surface area contributed by atoms with Gasteiger partial charge in [0.05, 0.1) is 6.54 Å². The number of aromatic nitrogens is 5. The molecule has 0 bridgehead atoms. The Hall–Kier alpha value is -3.92. The number of hydrogen-bond acceptors (Lipinski definition) is 7. The van der Waals surface area contributed by atoms with Crippen LogP contribution in [0.25, 0.3) is 11.2 Å². The summed E-state index contributed by atoms with van der Waals surface area (Å²) >= 11 is 5.92. The normalized spacial score (nSPS) is 12.7. The lowest BCUT2D eigenvalue weighted by Crippen LogP contribution is -2.28. The molecule has 1 N–H and O–H groups in total. The smallest absolute Gasteiger partial charge is 0.283 e. The Labute approximate surface area is 186 Å². The van der Waals surface area contributed by atoms with E-state index in [9.17, 15) is 9.59 Å². The van der Waals surface area contributed by atoms with E-state index in [1.807, 2.05) is 12.1 Å². The van der Waals surface area contributed by atoms with Gasteiger partial charge in [-0.1, -0.05) is 28.9 Å². The van der Waals surface area contributed by atoms with Crippen molar-refractivity contribution in [1.29, 1.82) is 0 Å². The average molecular weight is 453 g/mol. The highest BCUT2D eigenvalue weighted by Gasteiger charge is 2.16. The molecule has 0 aliphatic carbocycles. The molecule has 1 aliphatic rings. The maximum absolute atomic E-state index is 12.8. The van der Waals surface area contributed by atoms with E-state index in [-0.39, 0.29) is 12.1 Å². The van der Waals surface area contributed by atoms with E-state index < -0.39 is 11.5 Å². The summed E-state index contributed by atoms with van der Waals surface area (Å²) in [4.78, 5) is 29.6. The molecule has 0 saturated carbocycles. The first-order valence-electron chi connectivity index (χ1n) is 9.79. The zero-order chi connectivity index (χ0) is 22.1. The maximum atomic E-state index is 12.8. The second-order valence-electron chi connectivity index (χ2n) is 7.13. The largest absolute Gasteiger partial charge is 0.486 e. The van der Waals surface area contributed by atoms with Gasteiger partial charge in [0.1, 0.15) is 26.1 Å². The number of nitrogens with zero attached hydrogens (tertiary/aromatic N) is 5. The molecule has 5 rings (SSSR count). The zero-order valence-corrected chi connectivity index (χ0v) is 17.5. The van der Waals surface area contributed by atoms with Gasteiger partial charge in [0.25, 0.3) is 5.56 Å². The fourth-order valence-electron chi connectivity index (χ4n) is 3.35. The van der Waals surface area contributed by atoms with Crippen LogP contribution in [-0.2, 0) is 17.9 Å². The standard InChI is InChI=1S/C21H17ClN6O4/c22-14-3-1-13(2-4-14)10-28-20-19(25-26-28)21(30)27(12-23-20)11-18(29)24-15-5-6-16-17(9-15)32-8-7-31-16/h1-6,9,12H,7-8,10-11H2,(H,24,29). The first kappa shape index (κ1) is 20.0. The van der Waals surface area contributed by atoms with Gasteiger partial charge in [-0.2, -0.15) is 0 Å². The number of amides is 1. The second-order valence-corrected chi connectivity index (χ2v) is 7.57. The van der Waals surface area contributed by atoms with Gasteiger partial charge < -0.3 is 14.8 Å². The second kappa shape index (κ2) is 8.31. The number of anilines is 1. The summed E-state index contributed by atoms with van der Waals surface area (Å²) < 4.78 is 13.7. The molecule has 10 nitrogen and oxygen atoms in total. The Morgan fingerprint density at radius 2 is 1.88 bits per heavy atom. The van der Waals surface area contributed by atoms with Gasteiger partial charge in [-0.15, -0.1) is 5.10 Å². The minimum atomic E-state index is -0.449. The molecular formula is C21H17ClN6O4. The summed E-state index contributed by atoms with van der Waals surface area (Å²) in [6.45, 7) is 1.10. The number of halogens is 1. The molecule has 0 spiro atoms. The van der Waals surface area contributed by atoms with Crippen molar-refractivity contribution in [3.8, 4) is 11.5 Å². The van der Waals surface area contributed by atoms with E-state index in [2.05, 4.69) is 20.6 Å². The van der Waals surface area contributed by atoms with Crippen LogP contribution in [0.1, 0.15) is 5.56 Å². The summed E-state index contributed by atoms with van der Waals surface area (Å²) in [5.41, 5.74) is 1.46. The van der Waals surface area contributed by atoms with Crippen LogP contribution in [0.5, 0.6) is 11.5 Å². The summed E-state index contributed by atoms with van der Waals surface area (Å²) in [5, 5.41) is 11.4. The molecular weight excluding hydrogens is 436 g/mol. The van der Waals surface area contributed by atoms with Crippen molar-refractivity contribution in [2.75, 3.05) is 18.5 Å². The maximum Gasteiger partial charge on any atom is 0.283 e. The molecule has 3 heterocycles. The molecule has 2 aromatic heterocycles. The predicted octanol–water partition coefficient (Wildman–Crippen LogP) is 2.10. The Kier molecular flexibility index (Phi) is 5.20. The van der Waals surface area contributed by atoms with Crippen LogP contribution in [0.3, 0.4) is 0 Å². The van der Waals surface area contributed by atoms with Gasteiger partial charge in [-0.25, -0.2) is 9.67 Å². The number of carbonyl (C=O) groups is 1. The van der Waals surface area contributed by atoms with Crippen molar-refractivity contribution in [2.45, 2.75) is 13.1 Å². The minimum absolute atomic E-state index is 0.0913. The topological polar surface area (TPSA) is 113 Å². The van der Waals surface area contributed by atoms with Crippen LogP contribution in [-0.4, -0.2) is 43.7 Å². The monoisotopic (exact) mass is 452 g/mol. The van der Waals surface area contributed by atoms with E-state index in [4.69, 9.17) is 21.1 Å². The molecule has 162 valence electrons. The van der Waals surface area contributed by atoms with Crippen LogP contribution in [0, 0.1) is 0 Å². The Morgan fingerprint density at radius 1 is 1.09 bits per heavy atom. The SMILES string of the molecule is O=C(Cn1cnc2c(nnn2Cc2ccc(Cl)cc2)c1=O)Nc1ccc2c(c1)OCCO2. The highest BCUT2D eigenvalue weighted by Crippen LogP contribution is 2.32. The summed E-state index contributed by atoms with van der Waals surface area (Å²) in [6, 6.07) is 12.4. The average Bonchev–Trinajstić information content (AvgIpc) is 3.20. The highest BCUT2D eigenvalue weighted by atomic mass is 35.5. The molecule has 1 aliphatic heterocycles. The van der Waals surface area contributed by atoms with Crippen LogP contribution in [0.2, 0.25) is 5.02 Å². The lowest BCUT2D eigenvalue weighted by atomic mass is 10.2. The van der Waals surface area contributed by atoms with Gasteiger partial charge in [0.15, 0.2) is 22.7 Å². The first-order valence-corrected chi connectivity index (χ1v) is 10.2. The third kappa shape index (κ3) is 4.00. The molecule has 0 fully saturated rings. The third-order valence-corrected chi connectivity index (χ3v) is 5.13.